The Labute approximate surface area is 183 Å². The van der Waals surface area contributed by atoms with E-state index in [4.69, 9.17) is 0 Å². The number of alkyl halides is 3. The number of carboxylic acid groups (broad SMARTS) is 1. The quantitative estimate of drug-likeness (QED) is 0.462. The van der Waals surface area contributed by atoms with Crippen LogP contribution in [0.15, 0.2) is 83.9 Å². The van der Waals surface area contributed by atoms with E-state index in [-0.39, 0.29) is 10.4 Å². The fraction of sp³-hybridized carbons (Fsp3) is 0.0870. The molecule has 162 valence electrons. The van der Waals surface area contributed by atoms with Crippen molar-refractivity contribution in [2.75, 3.05) is 0 Å². The summed E-state index contributed by atoms with van der Waals surface area (Å²) in [6, 6.07) is 18.2. The zero-order chi connectivity index (χ0) is 22.9. The molecule has 3 aromatic carbocycles. The Balaban J connectivity index is 1.91. The molecular formula is C23H15F3N2O3S. The summed E-state index contributed by atoms with van der Waals surface area (Å²) >= 11 is 1.09. The number of nitrogens with zero attached hydrogens (tertiary/aromatic N) is 2. The summed E-state index contributed by atoms with van der Waals surface area (Å²) in [6.45, 7) is 0. The van der Waals surface area contributed by atoms with Crippen LogP contribution >= 0.6 is 11.3 Å². The Kier molecular flexibility index (Phi) is 5.67. The van der Waals surface area contributed by atoms with Crippen molar-refractivity contribution in [3.63, 3.8) is 0 Å². The third-order valence-electron chi connectivity index (χ3n) is 4.77. The van der Waals surface area contributed by atoms with Gasteiger partial charge in [-0.05, 0) is 35.9 Å². The highest BCUT2D eigenvalue weighted by molar-refractivity contribution is 7.16. The van der Waals surface area contributed by atoms with Crippen molar-refractivity contribution in [3.8, 4) is 0 Å². The highest BCUT2D eigenvalue weighted by Crippen LogP contribution is 2.30. The smallest absolute Gasteiger partial charge is 0.416 e. The molecule has 0 fully saturated rings. The first-order valence-corrected chi connectivity index (χ1v) is 10.2. The number of fused-ring (bicyclic) bond motifs is 1. The Morgan fingerprint density at radius 1 is 0.938 bits per heavy atom. The predicted octanol–water partition coefficient (Wildman–Crippen LogP) is 5.14. The molecule has 0 radical (unpaired) electrons. The highest BCUT2D eigenvalue weighted by Gasteiger charge is 2.31. The SMILES string of the molecule is O=C(/N=c1\sc2ccccc2n1C(C(=O)O)c1ccccc1)c1cccc(C(F)(F)F)c1. The number of aromatic nitrogens is 1. The van der Waals surface area contributed by atoms with Gasteiger partial charge in [0, 0.05) is 5.56 Å². The summed E-state index contributed by atoms with van der Waals surface area (Å²) in [5.74, 6) is -2.05. The molecule has 0 saturated heterocycles. The summed E-state index contributed by atoms with van der Waals surface area (Å²) in [7, 11) is 0. The number of rotatable bonds is 4. The fourth-order valence-corrected chi connectivity index (χ4v) is 4.38. The number of carboxylic acids is 1. The molecule has 0 saturated carbocycles. The second-order valence-electron chi connectivity index (χ2n) is 6.87. The Morgan fingerprint density at radius 2 is 1.62 bits per heavy atom. The van der Waals surface area contributed by atoms with Crippen LogP contribution in [0.2, 0.25) is 0 Å². The molecule has 0 aliphatic heterocycles. The van der Waals surface area contributed by atoms with E-state index in [1.54, 1.807) is 54.6 Å². The van der Waals surface area contributed by atoms with Gasteiger partial charge in [0.05, 0.1) is 15.8 Å². The second kappa shape index (κ2) is 8.43. The third kappa shape index (κ3) is 4.19. The summed E-state index contributed by atoms with van der Waals surface area (Å²) in [6.07, 6.45) is -4.60. The van der Waals surface area contributed by atoms with Crippen LogP contribution in [0.3, 0.4) is 0 Å². The Bertz CT molecular complexity index is 1370. The first-order valence-electron chi connectivity index (χ1n) is 9.40. The number of amides is 1. The van der Waals surface area contributed by atoms with E-state index < -0.39 is 29.7 Å². The topological polar surface area (TPSA) is 71.7 Å². The molecule has 9 heteroatoms. The summed E-state index contributed by atoms with van der Waals surface area (Å²) < 4.78 is 41.2. The lowest BCUT2D eigenvalue weighted by Gasteiger charge is -2.16. The summed E-state index contributed by atoms with van der Waals surface area (Å²) in [5, 5.41) is 9.99. The molecule has 1 atom stereocenters. The zero-order valence-corrected chi connectivity index (χ0v) is 17.1. The molecule has 1 N–H and O–H groups in total. The van der Waals surface area contributed by atoms with E-state index in [1.807, 2.05) is 0 Å². The van der Waals surface area contributed by atoms with Crippen molar-refractivity contribution in [2.45, 2.75) is 12.2 Å². The minimum Gasteiger partial charge on any atom is -0.479 e. The van der Waals surface area contributed by atoms with Crippen molar-refractivity contribution < 1.29 is 27.9 Å². The van der Waals surface area contributed by atoms with Crippen LogP contribution in [0.5, 0.6) is 0 Å². The lowest BCUT2D eigenvalue weighted by molar-refractivity contribution is -0.139. The highest BCUT2D eigenvalue weighted by atomic mass is 32.1. The number of hydrogen-bond acceptors (Lipinski definition) is 3. The number of aliphatic carboxylic acids is 1. The van der Waals surface area contributed by atoms with Gasteiger partial charge in [0.25, 0.3) is 5.91 Å². The summed E-state index contributed by atoms with van der Waals surface area (Å²) in [5.41, 5.74) is -0.188. The van der Waals surface area contributed by atoms with Crippen LogP contribution < -0.4 is 4.80 Å². The van der Waals surface area contributed by atoms with Crippen LogP contribution in [0, 0.1) is 0 Å². The first-order chi connectivity index (χ1) is 15.3. The van der Waals surface area contributed by atoms with Crippen molar-refractivity contribution in [2.24, 2.45) is 4.99 Å². The van der Waals surface area contributed by atoms with Gasteiger partial charge in [0.1, 0.15) is 0 Å². The second-order valence-corrected chi connectivity index (χ2v) is 7.88. The largest absolute Gasteiger partial charge is 0.479 e. The van der Waals surface area contributed by atoms with Gasteiger partial charge in [-0.25, -0.2) is 4.79 Å². The van der Waals surface area contributed by atoms with E-state index in [0.29, 0.717) is 15.8 Å². The molecular weight excluding hydrogens is 441 g/mol. The molecule has 0 aliphatic rings. The molecule has 1 amide bonds. The monoisotopic (exact) mass is 456 g/mol. The van der Waals surface area contributed by atoms with Crippen molar-refractivity contribution in [1.29, 1.82) is 0 Å². The van der Waals surface area contributed by atoms with E-state index >= 15 is 0 Å². The first kappa shape index (κ1) is 21.5. The minimum atomic E-state index is -4.60. The maximum absolute atomic E-state index is 13.0. The van der Waals surface area contributed by atoms with E-state index in [1.165, 1.54) is 10.6 Å². The fourth-order valence-electron chi connectivity index (χ4n) is 3.34. The molecule has 5 nitrogen and oxygen atoms in total. The van der Waals surface area contributed by atoms with Gasteiger partial charge in [0.15, 0.2) is 10.8 Å². The number of carbonyl (C=O) groups is 2. The minimum absolute atomic E-state index is 0.0739. The molecule has 1 heterocycles. The van der Waals surface area contributed by atoms with Crippen LogP contribution in [-0.2, 0) is 11.0 Å². The van der Waals surface area contributed by atoms with Crippen molar-refractivity contribution >= 4 is 33.4 Å². The molecule has 4 aromatic rings. The molecule has 1 unspecified atom stereocenters. The van der Waals surface area contributed by atoms with Gasteiger partial charge in [-0.3, -0.25) is 9.36 Å². The molecule has 32 heavy (non-hydrogen) atoms. The van der Waals surface area contributed by atoms with Crippen LogP contribution in [0.1, 0.15) is 27.5 Å². The molecule has 0 bridgehead atoms. The van der Waals surface area contributed by atoms with E-state index in [9.17, 15) is 27.9 Å². The molecule has 0 aliphatic carbocycles. The van der Waals surface area contributed by atoms with Crippen molar-refractivity contribution in [1.82, 2.24) is 4.57 Å². The van der Waals surface area contributed by atoms with Gasteiger partial charge >= 0.3 is 12.1 Å². The van der Waals surface area contributed by atoms with Gasteiger partial charge in [0.2, 0.25) is 0 Å². The predicted molar refractivity (Wildman–Crippen MR) is 113 cm³/mol. The number of halogens is 3. The van der Waals surface area contributed by atoms with Crippen LogP contribution in [0.4, 0.5) is 13.2 Å². The lowest BCUT2D eigenvalue weighted by atomic mass is 10.1. The number of carbonyl (C=O) groups excluding carboxylic acids is 1. The lowest BCUT2D eigenvalue weighted by Crippen LogP contribution is -2.28. The van der Waals surface area contributed by atoms with E-state index in [0.717, 1.165) is 29.5 Å². The Morgan fingerprint density at radius 3 is 2.31 bits per heavy atom. The van der Waals surface area contributed by atoms with Crippen molar-refractivity contribution in [3.05, 3.63) is 100 Å². The normalized spacial score (nSPS) is 13.3. The zero-order valence-electron chi connectivity index (χ0n) is 16.3. The Hall–Kier alpha value is -3.72. The van der Waals surface area contributed by atoms with Gasteiger partial charge < -0.3 is 5.11 Å². The molecule has 0 spiro atoms. The third-order valence-corrected chi connectivity index (χ3v) is 5.81. The maximum Gasteiger partial charge on any atom is 0.416 e. The van der Waals surface area contributed by atoms with Crippen LogP contribution in [0.25, 0.3) is 10.2 Å². The average molecular weight is 456 g/mol. The van der Waals surface area contributed by atoms with Gasteiger partial charge in [-0.1, -0.05) is 59.9 Å². The van der Waals surface area contributed by atoms with E-state index in [2.05, 4.69) is 4.99 Å². The number of benzene rings is 3. The summed E-state index contributed by atoms with van der Waals surface area (Å²) in [4.78, 5) is 29.1. The number of hydrogen-bond donors (Lipinski definition) is 1. The molecule has 4 rings (SSSR count). The average Bonchev–Trinajstić information content (AvgIpc) is 3.11. The van der Waals surface area contributed by atoms with Gasteiger partial charge in [-0.2, -0.15) is 18.2 Å². The number of para-hydroxylation sites is 1. The van der Waals surface area contributed by atoms with Crippen LogP contribution in [-0.4, -0.2) is 21.6 Å². The molecule has 1 aromatic heterocycles. The number of thiazole rings is 1. The van der Waals surface area contributed by atoms with Gasteiger partial charge in [-0.15, -0.1) is 0 Å². The standard InChI is InChI=1S/C23H15F3N2O3S/c24-23(25,26)16-10-6-9-15(13-16)20(29)27-22-28(17-11-4-5-12-18(17)32-22)19(21(30)31)14-7-2-1-3-8-14/h1-13,19H,(H,30,31)/b27-22-. The maximum atomic E-state index is 13.0.